The van der Waals surface area contributed by atoms with Crippen molar-refractivity contribution in [3.05, 3.63) is 6.07 Å². The van der Waals surface area contributed by atoms with Crippen molar-refractivity contribution in [2.75, 3.05) is 74.1 Å². The molecule has 1 aromatic rings. The quantitative estimate of drug-likeness (QED) is 0.842. The molecule has 0 atom stereocenters. The largest absolute Gasteiger partial charge is 0.356 e. The van der Waals surface area contributed by atoms with Gasteiger partial charge in [-0.15, -0.1) is 0 Å². The summed E-state index contributed by atoms with van der Waals surface area (Å²) in [5.74, 6) is 3.21. The first-order valence-electron chi connectivity index (χ1n) is 9.62. The van der Waals surface area contributed by atoms with Crippen molar-refractivity contribution in [2.45, 2.75) is 32.1 Å². The molecule has 0 aromatic carbocycles. The highest BCUT2D eigenvalue weighted by Gasteiger charge is 2.23. The van der Waals surface area contributed by atoms with Crippen LogP contribution in [0.15, 0.2) is 6.07 Å². The van der Waals surface area contributed by atoms with Crippen molar-refractivity contribution in [1.82, 2.24) is 14.9 Å². The van der Waals surface area contributed by atoms with Crippen LogP contribution in [0.5, 0.6) is 0 Å². The Balaban J connectivity index is 1.62. The van der Waals surface area contributed by atoms with Crippen LogP contribution >= 0.6 is 0 Å². The summed E-state index contributed by atoms with van der Waals surface area (Å²) in [6, 6.07) is 2.23. The molecule has 4 heterocycles. The number of piperidine rings is 1. The second-order valence-corrected chi connectivity index (χ2v) is 7.42. The first-order chi connectivity index (χ1) is 11.8. The third-order valence-electron chi connectivity index (χ3n) is 5.58. The van der Waals surface area contributed by atoms with Gasteiger partial charge in [0.1, 0.15) is 11.6 Å². The van der Waals surface area contributed by atoms with Crippen molar-refractivity contribution in [3.8, 4) is 0 Å². The standard InChI is InChI=1S/C18H30N6/c1-21-11-13-23(14-12-21)17-15-16(22-7-5-6-8-22)19-18(20-17)24-9-3-2-4-10-24/h15H,2-14H2,1H3. The molecule has 3 aliphatic rings. The Labute approximate surface area is 145 Å². The van der Waals surface area contributed by atoms with Crippen LogP contribution in [0.1, 0.15) is 32.1 Å². The highest BCUT2D eigenvalue weighted by molar-refractivity contribution is 5.56. The zero-order valence-electron chi connectivity index (χ0n) is 15.0. The van der Waals surface area contributed by atoms with E-state index in [1.807, 2.05) is 0 Å². The number of piperazine rings is 1. The first-order valence-corrected chi connectivity index (χ1v) is 9.62. The van der Waals surface area contributed by atoms with E-state index >= 15 is 0 Å². The molecule has 1 aromatic heterocycles. The summed E-state index contributed by atoms with van der Waals surface area (Å²) in [6.07, 6.45) is 6.44. The fraction of sp³-hybridized carbons (Fsp3) is 0.778. The van der Waals surface area contributed by atoms with Gasteiger partial charge in [-0.2, -0.15) is 9.97 Å². The van der Waals surface area contributed by atoms with Gasteiger partial charge in [-0.25, -0.2) is 0 Å². The average Bonchev–Trinajstić information content (AvgIpc) is 3.17. The van der Waals surface area contributed by atoms with E-state index in [9.17, 15) is 0 Å². The third-order valence-corrected chi connectivity index (χ3v) is 5.58. The van der Waals surface area contributed by atoms with E-state index in [-0.39, 0.29) is 0 Å². The molecule has 0 saturated carbocycles. The predicted molar refractivity (Wildman–Crippen MR) is 99.3 cm³/mol. The Kier molecular flexibility index (Phi) is 4.74. The van der Waals surface area contributed by atoms with Crippen LogP contribution in [0.2, 0.25) is 0 Å². The number of hydrogen-bond acceptors (Lipinski definition) is 6. The van der Waals surface area contributed by atoms with Crippen LogP contribution in [0.4, 0.5) is 17.6 Å². The lowest BCUT2D eigenvalue weighted by Crippen LogP contribution is -2.45. The zero-order valence-corrected chi connectivity index (χ0v) is 15.0. The Morgan fingerprint density at radius 2 is 1.12 bits per heavy atom. The maximum absolute atomic E-state index is 4.97. The number of likely N-dealkylation sites (N-methyl/N-ethyl adjacent to an activating group) is 1. The Hall–Kier alpha value is -1.56. The van der Waals surface area contributed by atoms with Gasteiger partial charge >= 0.3 is 0 Å². The van der Waals surface area contributed by atoms with E-state index in [1.54, 1.807) is 0 Å². The highest BCUT2D eigenvalue weighted by Crippen LogP contribution is 2.27. The number of anilines is 3. The van der Waals surface area contributed by atoms with Crippen LogP contribution in [0.3, 0.4) is 0 Å². The first kappa shape index (κ1) is 15.9. The fourth-order valence-corrected chi connectivity index (χ4v) is 3.95. The molecule has 0 amide bonds. The molecule has 0 spiro atoms. The Bertz CT molecular complexity index is 542. The smallest absolute Gasteiger partial charge is 0.229 e. The van der Waals surface area contributed by atoms with Crippen LogP contribution in [0, 0.1) is 0 Å². The monoisotopic (exact) mass is 330 g/mol. The van der Waals surface area contributed by atoms with Crippen molar-refractivity contribution in [2.24, 2.45) is 0 Å². The molecule has 0 bridgehead atoms. The minimum absolute atomic E-state index is 0.952. The SMILES string of the molecule is CN1CCN(c2cc(N3CCCC3)nc(N3CCCCC3)n2)CC1. The molecule has 6 heteroatoms. The second kappa shape index (κ2) is 7.13. The summed E-state index contributed by atoms with van der Waals surface area (Å²) >= 11 is 0. The molecule has 0 unspecified atom stereocenters. The molecule has 4 rings (SSSR count). The lowest BCUT2D eigenvalue weighted by molar-refractivity contribution is 0.312. The summed E-state index contributed by atoms with van der Waals surface area (Å²) in [7, 11) is 2.20. The maximum atomic E-state index is 4.97. The summed E-state index contributed by atoms with van der Waals surface area (Å²) in [6.45, 7) is 8.83. The van der Waals surface area contributed by atoms with Gasteiger partial charge in [0, 0.05) is 58.4 Å². The van der Waals surface area contributed by atoms with Crippen LogP contribution in [-0.4, -0.2) is 74.3 Å². The van der Waals surface area contributed by atoms with Crippen LogP contribution in [0.25, 0.3) is 0 Å². The van der Waals surface area contributed by atoms with E-state index in [0.29, 0.717) is 0 Å². The van der Waals surface area contributed by atoms with E-state index in [2.05, 4.69) is 32.7 Å². The van der Waals surface area contributed by atoms with Crippen LogP contribution in [-0.2, 0) is 0 Å². The van der Waals surface area contributed by atoms with E-state index in [1.165, 1.54) is 32.1 Å². The van der Waals surface area contributed by atoms with Gasteiger partial charge in [-0.3, -0.25) is 0 Å². The summed E-state index contributed by atoms with van der Waals surface area (Å²) in [5.41, 5.74) is 0. The average molecular weight is 330 g/mol. The number of hydrogen-bond donors (Lipinski definition) is 0. The number of rotatable bonds is 3. The van der Waals surface area contributed by atoms with Gasteiger partial charge in [-0.1, -0.05) is 0 Å². The predicted octanol–water partition coefficient (Wildman–Crippen LogP) is 1.82. The second-order valence-electron chi connectivity index (χ2n) is 7.42. The normalized spacial score (nSPS) is 23.1. The minimum Gasteiger partial charge on any atom is -0.356 e. The molecule has 132 valence electrons. The van der Waals surface area contributed by atoms with Crippen molar-refractivity contribution >= 4 is 17.6 Å². The van der Waals surface area contributed by atoms with Gasteiger partial charge in [0.15, 0.2) is 0 Å². The van der Waals surface area contributed by atoms with E-state index < -0.39 is 0 Å². The molecule has 24 heavy (non-hydrogen) atoms. The maximum Gasteiger partial charge on any atom is 0.229 e. The minimum atomic E-state index is 0.952. The molecule has 0 aliphatic carbocycles. The van der Waals surface area contributed by atoms with Crippen molar-refractivity contribution < 1.29 is 0 Å². The third kappa shape index (κ3) is 3.43. The summed E-state index contributed by atoms with van der Waals surface area (Å²) < 4.78 is 0. The highest BCUT2D eigenvalue weighted by atomic mass is 15.3. The summed E-state index contributed by atoms with van der Waals surface area (Å²) in [4.78, 5) is 19.6. The lowest BCUT2D eigenvalue weighted by atomic mass is 10.1. The van der Waals surface area contributed by atoms with E-state index in [4.69, 9.17) is 9.97 Å². The molecule has 0 radical (unpaired) electrons. The molecule has 3 fully saturated rings. The molecular formula is C18H30N6. The van der Waals surface area contributed by atoms with Gasteiger partial charge in [0.25, 0.3) is 0 Å². The van der Waals surface area contributed by atoms with Crippen molar-refractivity contribution in [1.29, 1.82) is 0 Å². The molecule has 3 saturated heterocycles. The van der Waals surface area contributed by atoms with Gasteiger partial charge in [0.05, 0.1) is 0 Å². The number of aromatic nitrogens is 2. The van der Waals surface area contributed by atoms with Gasteiger partial charge < -0.3 is 19.6 Å². The molecule has 3 aliphatic heterocycles. The fourth-order valence-electron chi connectivity index (χ4n) is 3.95. The summed E-state index contributed by atoms with van der Waals surface area (Å²) in [5, 5.41) is 0. The number of nitrogens with zero attached hydrogens (tertiary/aromatic N) is 6. The molecule has 6 nitrogen and oxygen atoms in total. The van der Waals surface area contributed by atoms with E-state index in [0.717, 1.165) is 69.9 Å². The van der Waals surface area contributed by atoms with Crippen LogP contribution < -0.4 is 14.7 Å². The zero-order chi connectivity index (χ0) is 16.4. The lowest BCUT2D eigenvalue weighted by Gasteiger charge is -2.35. The Morgan fingerprint density at radius 1 is 0.625 bits per heavy atom. The van der Waals surface area contributed by atoms with Crippen molar-refractivity contribution in [3.63, 3.8) is 0 Å². The molecule has 0 N–H and O–H groups in total. The topological polar surface area (TPSA) is 38.7 Å². The Morgan fingerprint density at radius 3 is 1.75 bits per heavy atom. The molecular weight excluding hydrogens is 300 g/mol. The van der Waals surface area contributed by atoms with Gasteiger partial charge in [0.2, 0.25) is 5.95 Å². The van der Waals surface area contributed by atoms with Gasteiger partial charge in [-0.05, 0) is 39.2 Å².